The highest BCUT2D eigenvalue weighted by Crippen LogP contribution is 2.16. The molecule has 0 spiro atoms. The van der Waals surface area contributed by atoms with Gasteiger partial charge in [-0.25, -0.2) is 0 Å². The molecule has 17 heavy (non-hydrogen) atoms. The third-order valence-corrected chi connectivity index (χ3v) is 2.36. The van der Waals surface area contributed by atoms with Crippen molar-refractivity contribution in [2.75, 3.05) is 20.8 Å². The van der Waals surface area contributed by atoms with Crippen molar-refractivity contribution in [3.05, 3.63) is 29.8 Å². The Morgan fingerprint density at radius 3 is 2.71 bits per heavy atom. The molecular weight excluding hydrogens is 222 g/mol. The summed E-state index contributed by atoms with van der Waals surface area (Å²) in [5, 5.41) is 11.8. The van der Waals surface area contributed by atoms with Crippen LogP contribution in [-0.2, 0) is 16.1 Å². The van der Waals surface area contributed by atoms with Gasteiger partial charge in [0.1, 0.15) is 11.8 Å². The first-order valence-corrected chi connectivity index (χ1v) is 5.26. The monoisotopic (exact) mass is 239 g/mol. The first-order chi connectivity index (χ1) is 8.19. The van der Waals surface area contributed by atoms with Gasteiger partial charge in [-0.05, 0) is 6.07 Å². The standard InChI is InChI=1S/C12H17NO4/c1-16-8-10(12(14)15)13-7-9-5-3-4-6-11(9)17-2/h3-6,10,13H,7-8H2,1-2H3,(H,14,15). The van der Waals surface area contributed by atoms with Crippen LogP contribution in [0.2, 0.25) is 0 Å². The quantitative estimate of drug-likeness (QED) is 0.739. The van der Waals surface area contributed by atoms with Crippen LogP contribution in [0.1, 0.15) is 5.56 Å². The van der Waals surface area contributed by atoms with E-state index in [0.717, 1.165) is 11.3 Å². The lowest BCUT2D eigenvalue weighted by molar-refractivity contribution is -0.140. The molecule has 94 valence electrons. The number of aliphatic carboxylic acids is 1. The molecule has 0 radical (unpaired) electrons. The minimum absolute atomic E-state index is 0.129. The van der Waals surface area contributed by atoms with E-state index in [1.807, 2.05) is 24.3 Å². The summed E-state index contributed by atoms with van der Waals surface area (Å²) >= 11 is 0. The molecule has 2 N–H and O–H groups in total. The second kappa shape index (κ2) is 6.88. The first-order valence-electron chi connectivity index (χ1n) is 5.26. The number of methoxy groups -OCH3 is 2. The molecule has 1 unspecified atom stereocenters. The Morgan fingerprint density at radius 2 is 2.12 bits per heavy atom. The molecule has 0 aliphatic heterocycles. The van der Waals surface area contributed by atoms with Gasteiger partial charge in [-0.2, -0.15) is 0 Å². The van der Waals surface area contributed by atoms with Gasteiger partial charge in [0, 0.05) is 19.2 Å². The number of carboxylic acids is 1. The fraction of sp³-hybridized carbons (Fsp3) is 0.417. The maximum atomic E-state index is 10.9. The largest absolute Gasteiger partial charge is 0.496 e. The van der Waals surface area contributed by atoms with Crippen LogP contribution >= 0.6 is 0 Å². The van der Waals surface area contributed by atoms with E-state index in [-0.39, 0.29) is 6.61 Å². The summed E-state index contributed by atoms with van der Waals surface area (Å²) in [5.74, 6) is -0.191. The topological polar surface area (TPSA) is 67.8 Å². The van der Waals surface area contributed by atoms with Crippen molar-refractivity contribution in [3.63, 3.8) is 0 Å². The molecule has 0 heterocycles. The van der Waals surface area contributed by atoms with Gasteiger partial charge in [0.05, 0.1) is 13.7 Å². The number of ether oxygens (including phenoxy) is 2. The van der Waals surface area contributed by atoms with E-state index in [1.54, 1.807) is 7.11 Å². The number of carbonyl (C=O) groups is 1. The lowest BCUT2D eigenvalue weighted by atomic mass is 10.2. The zero-order chi connectivity index (χ0) is 12.7. The molecule has 0 bridgehead atoms. The Balaban J connectivity index is 2.61. The van der Waals surface area contributed by atoms with Gasteiger partial charge in [-0.3, -0.25) is 10.1 Å². The van der Waals surface area contributed by atoms with E-state index >= 15 is 0 Å². The molecule has 0 saturated heterocycles. The normalized spacial score (nSPS) is 12.1. The average molecular weight is 239 g/mol. The molecule has 1 aromatic rings. The molecule has 5 nitrogen and oxygen atoms in total. The Morgan fingerprint density at radius 1 is 1.41 bits per heavy atom. The predicted molar refractivity (Wildman–Crippen MR) is 63.1 cm³/mol. The maximum absolute atomic E-state index is 10.9. The highest BCUT2D eigenvalue weighted by atomic mass is 16.5. The average Bonchev–Trinajstić information content (AvgIpc) is 2.34. The number of hydrogen-bond donors (Lipinski definition) is 2. The zero-order valence-electron chi connectivity index (χ0n) is 9.97. The zero-order valence-corrected chi connectivity index (χ0v) is 9.97. The highest BCUT2D eigenvalue weighted by Gasteiger charge is 2.16. The van der Waals surface area contributed by atoms with Crippen molar-refractivity contribution >= 4 is 5.97 Å². The molecule has 0 fully saturated rings. The van der Waals surface area contributed by atoms with Crippen LogP contribution in [0.15, 0.2) is 24.3 Å². The lowest BCUT2D eigenvalue weighted by Gasteiger charge is -2.14. The second-order valence-corrected chi connectivity index (χ2v) is 3.54. The van der Waals surface area contributed by atoms with Crippen LogP contribution in [0.4, 0.5) is 0 Å². The van der Waals surface area contributed by atoms with Gasteiger partial charge < -0.3 is 14.6 Å². The summed E-state index contributed by atoms with van der Waals surface area (Å²) in [4.78, 5) is 10.9. The van der Waals surface area contributed by atoms with Crippen molar-refractivity contribution < 1.29 is 19.4 Å². The van der Waals surface area contributed by atoms with Crippen LogP contribution < -0.4 is 10.1 Å². The highest BCUT2D eigenvalue weighted by molar-refractivity contribution is 5.73. The minimum atomic E-state index is -0.929. The van der Waals surface area contributed by atoms with Crippen molar-refractivity contribution in [1.29, 1.82) is 0 Å². The fourth-order valence-corrected chi connectivity index (χ4v) is 1.47. The molecule has 5 heteroatoms. The van der Waals surface area contributed by atoms with Crippen LogP contribution in [0, 0.1) is 0 Å². The third-order valence-electron chi connectivity index (χ3n) is 2.36. The molecule has 0 aliphatic carbocycles. The number of hydrogen-bond acceptors (Lipinski definition) is 4. The van der Waals surface area contributed by atoms with Gasteiger partial charge in [0.25, 0.3) is 0 Å². The molecule has 0 aromatic heterocycles. The molecule has 0 aliphatic rings. The summed E-state index contributed by atoms with van der Waals surface area (Å²) in [7, 11) is 3.06. The number of carboxylic acid groups (broad SMARTS) is 1. The third kappa shape index (κ3) is 4.05. The Bertz CT molecular complexity index is 367. The van der Waals surface area contributed by atoms with Gasteiger partial charge in [0.15, 0.2) is 0 Å². The van der Waals surface area contributed by atoms with Crippen molar-refractivity contribution in [2.45, 2.75) is 12.6 Å². The van der Waals surface area contributed by atoms with Crippen molar-refractivity contribution in [2.24, 2.45) is 0 Å². The maximum Gasteiger partial charge on any atom is 0.323 e. The summed E-state index contributed by atoms with van der Waals surface area (Å²) in [6.45, 7) is 0.550. The molecule has 0 amide bonds. The fourth-order valence-electron chi connectivity index (χ4n) is 1.47. The van der Waals surface area contributed by atoms with Crippen molar-refractivity contribution in [1.82, 2.24) is 5.32 Å². The van der Waals surface area contributed by atoms with E-state index in [2.05, 4.69) is 5.32 Å². The van der Waals surface area contributed by atoms with E-state index in [9.17, 15) is 4.79 Å². The first kappa shape index (κ1) is 13.5. The van der Waals surface area contributed by atoms with Gasteiger partial charge in [-0.1, -0.05) is 18.2 Å². The summed E-state index contributed by atoms with van der Waals surface area (Å²) in [6, 6.07) is 6.75. The SMILES string of the molecule is COCC(NCc1ccccc1OC)C(=O)O. The van der Waals surface area contributed by atoms with Crippen LogP contribution in [0.5, 0.6) is 5.75 Å². The number of rotatable bonds is 7. The van der Waals surface area contributed by atoms with Crippen LogP contribution in [-0.4, -0.2) is 37.9 Å². The summed E-state index contributed by atoms with van der Waals surface area (Å²) in [5.41, 5.74) is 0.914. The van der Waals surface area contributed by atoms with E-state index in [1.165, 1.54) is 7.11 Å². The predicted octanol–water partition coefficient (Wildman–Crippen LogP) is 0.884. The van der Waals surface area contributed by atoms with Crippen LogP contribution in [0.25, 0.3) is 0 Å². The van der Waals surface area contributed by atoms with Crippen molar-refractivity contribution in [3.8, 4) is 5.75 Å². The smallest absolute Gasteiger partial charge is 0.323 e. The minimum Gasteiger partial charge on any atom is -0.496 e. The van der Waals surface area contributed by atoms with Gasteiger partial charge in [-0.15, -0.1) is 0 Å². The lowest BCUT2D eigenvalue weighted by Crippen LogP contribution is -2.39. The summed E-state index contributed by atoms with van der Waals surface area (Å²) < 4.78 is 10.0. The molecule has 0 saturated carbocycles. The molecule has 1 atom stereocenters. The van der Waals surface area contributed by atoms with E-state index in [0.29, 0.717) is 6.54 Å². The second-order valence-electron chi connectivity index (χ2n) is 3.54. The van der Waals surface area contributed by atoms with Gasteiger partial charge in [0.2, 0.25) is 0 Å². The van der Waals surface area contributed by atoms with E-state index in [4.69, 9.17) is 14.6 Å². The number of para-hydroxylation sites is 1. The number of benzene rings is 1. The molecule has 1 aromatic carbocycles. The Labute approximate surface area is 100 Å². The molecule has 1 rings (SSSR count). The van der Waals surface area contributed by atoms with Crippen LogP contribution in [0.3, 0.4) is 0 Å². The van der Waals surface area contributed by atoms with Gasteiger partial charge >= 0.3 is 5.97 Å². The Kier molecular flexibility index (Phi) is 5.45. The Hall–Kier alpha value is -1.59. The number of nitrogens with one attached hydrogen (secondary N) is 1. The molecular formula is C12H17NO4. The summed E-state index contributed by atoms with van der Waals surface area (Å²) in [6.07, 6.45) is 0. The van der Waals surface area contributed by atoms with E-state index < -0.39 is 12.0 Å².